The summed E-state index contributed by atoms with van der Waals surface area (Å²) in [5.41, 5.74) is 0. The molecule has 0 aliphatic heterocycles. The van der Waals surface area contributed by atoms with Crippen LogP contribution in [0.2, 0.25) is 0 Å². The van der Waals surface area contributed by atoms with Crippen LogP contribution in [0.1, 0.15) is 39.5 Å². The molecule has 2 rings (SSSR count). The molecule has 1 unspecified atom stereocenters. The molecular weight excluding hydrogens is 513 g/mol. The Morgan fingerprint density at radius 3 is 2.52 bits per heavy atom. The molecule has 4 nitrogen and oxygen atoms in total. The fourth-order valence-electron chi connectivity index (χ4n) is 2.74. The van der Waals surface area contributed by atoms with Crippen LogP contribution in [0.4, 0.5) is 0 Å². The zero-order chi connectivity index (χ0) is 17.4. The molecule has 1 fully saturated rings. The average Bonchev–Trinajstić information content (AvgIpc) is 2.57. The first-order chi connectivity index (χ1) is 11.6. The van der Waals surface area contributed by atoms with Crippen LogP contribution >= 0.6 is 51.7 Å². The number of halogens is 2. The highest BCUT2D eigenvalue weighted by Crippen LogP contribution is 2.25. The van der Waals surface area contributed by atoms with Crippen molar-refractivity contribution < 1.29 is 5.11 Å². The highest BCUT2D eigenvalue weighted by atomic mass is 127. The number of hydrogen-bond donors (Lipinski definition) is 3. The smallest absolute Gasteiger partial charge is 0.191 e. The number of hydrogen-bond acceptors (Lipinski definition) is 3. The maximum atomic E-state index is 9.62. The lowest BCUT2D eigenvalue weighted by Crippen LogP contribution is -2.45. The van der Waals surface area contributed by atoms with Gasteiger partial charge in [-0.15, -0.1) is 35.7 Å². The first-order valence-electron chi connectivity index (χ1n) is 8.72. The molecule has 1 atom stereocenters. The second-order valence-electron chi connectivity index (χ2n) is 6.25. The van der Waals surface area contributed by atoms with E-state index in [1.807, 2.05) is 11.8 Å². The van der Waals surface area contributed by atoms with E-state index in [9.17, 15) is 5.11 Å². The van der Waals surface area contributed by atoms with Gasteiger partial charge in [0.05, 0.1) is 12.6 Å². The number of thioether (sulfide) groups is 1. The topological polar surface area (TPSA) is 56.7 Å². The van der Waals surface area contributed by atoms with Crippen molar-refractivity contribution in [1.29, 1.82) is 0 Å². The van der Waals surface area contributed by atoms with Crippen LogP contribution in [-0.4, -0.2) is 41.6 Å². The molecule has 3 N–H and O–H groups in total. The maximum Gasteiger partial charge on any atom is 0.191 e. The van der Waals surface area contributed by atoms with E-state index in [1.54, 1.807) is 0 Å². The Bertz CT molecular complexity index is 522. The molecule has 0 aromatic heterocycles. The number of aliphatic imine (C=N–C) groups is 1. The van der Waals surface area contributed by atoms with Crippen molar-refractivity contribution in [2.24, 2.45) is 4.99 Å². The number of aliphatic hydroxyl groups is 1. The standard InChI is InChI=1S/C18H28BrN3OS.HI/c1-3-20-18(22-15-6-8-16(23)9-7-15)21-12-13(2)24-17-10-4-14(19)5-11-17;/h4-5,10-11,13,15-16,23H,3,6-9,12H2,1-2H3,(H2,20,21,22);1H. The molecule has 0 spiro atoms. The maximum absolute atomic E-state index is 9.62. The Kier molecular flexibility index (Phi) is 11.4. The summed E-state index contributed by atoms with van der Waals surface area (Å²) in [7, 11) is 0. The van der Waals surface area contributed by atoms with Gasteiger partial charge in [-0.1, -0.05) is 22.9 Å². The number of guanidine groups is 1. The van der Waals surface area contributed by atoms with Gasteiger partial charge in [0.15, 0.2) is 5.96 Å². The Labute approximate surface area is 181 Å². The normalized spacial score (nSPS) is 22.0. The Hall–Kier alpha value is 0.01000. The number of rotatable bonds is 6. The first-order valence-corrected chi connectivity index (χ1v) is 10.4. The van der Waals surface area contributed by atoms with Crippen molar-refractivity contribution in [2.45, 2.75) is 61.8 Å². The Morgan fingerprint density at radius 2 is 1.92 bits per heavy atom. The van der Waals surface area contributed by atoms with E-state index in [0.29, 0.717) is 11.3 Å². The Morgan fingerprint density at radius 1 is 1.28 bits per heavy atom. The van der Waals surface area contributed by atoms with Gasteiger partial charge in [-0.2, -0.15) is 0 Å². The SMILES string of the molecule is CCNC(=NCC(C)Sc1ccc(Br)cc1)NC1CCC(O)CC1.I. The number of nitrogens with zero attached hydrogens (tertiary/aromatic N) is 1. The van der Waals surface area contributed by atoms with Gasteiger partial charge in [-0.25, -0.2) is 0 Å². The number of nitrogens with one attached hydrogen (secondary N) is 2. The first kappa shape index (κ1) is 23.0. The summed E-state index contributed by atoms with van der Waals surface area (Å²) in [5, 5.41) is 16.9. The summed E-state index contributed by atoms with van der Waals surface area (Å²) >= 11 is 5.31. The van der Waals surface area contributed by atoms with Crippen LogP contribution < -0.4 is 10.6 Å². The zero-order valence-electron chi connectivity index (χ0n) is 14.9. The molecule has 1 aromatic rings. The third kappa shape index (κ3) is 8.97. The minimum atomic E-state index is -0.120. The molecule has 0 saturated heterocycles. The van der Waals surface area contributed by atoms with Crippen LogP contribution in [0.5, 0.6) is 0 Å². The lowest BCUT2D eigenvalue weighted by atomic mass is 9.93. The summed E-state index contributed by atoms with van der Waals surface area (Å²) in [6.07, 6.45) is 3.66. The molecule has 0 bridgehead atoms. The van der Waals surface area contributed by atoms with Gasteiger partial charge >= 0.3 is 0 Å². The summed E-state index contributed by atoms with van der Waals surface area (Å²) in [4.78, 5) is 6.01. The van der Waals surface area contributed by atoms with Gasteiger partial charge in [0.2, 0.25) is 0 Å². The van der Waals surface area contributed by atoms with E-state index in [1.165, 1.54) is 4.90 Å². The second kappa shape index (κ2) is 12.4. The van der Waals surface area contributed by atoms with Crippen molar-refractivity contribution in [3.63, 3.8) is 0 Å². The Balaban J connectivity index is 0.00000312. The number of benzene rings is 1. The highest BCUT2D eigenvalue weighted by molar-refractivity contribution is 14.0. The molecule has 0 heterocycles. The van der Waals surface area contributed by atoms with Gasteiger partial charge in [0, 0.05) is 27.2 Å². The predicted octanol–water partition coefficient (Wildman–Crippen LogP) is 4.41. The lowest BCUT2D eigenvalue weighted by molar-refractivity contribution is 0.120. The van der Waals surface area contributed by atoms with Gasteiger partial charge in [-0.3, -0.25) is 4.99 Å². The fourth-order valence-corrected chi connectivity index (χ4v) is 3.91. The third-order valence-electron chi connectivity index (χ3n) is 4.04. The predicted molar refractivity (Wildman–Crippen MR) is 122 cm³/mol. The van der Waals surface area contributed by atoms with Gasteiger partial charge < -0.3 is 15.7 Å². The fraction of sp³-hybridized carbons (Fsp3) is 0.611. The van der Waals surface area contributed by atoms with Crippen LogP contribution in [0.25, 0.3) is 0 Å². The minimum Gasteiger partial charge on any atom is -0.393 e. The van der Waals surface area contributed by atoms with E-state index >= 15 is 0 Å². The average molecular weight is 542 g/mol. The third-order valence-corrected chi connectivity index (χ3v) is 5.66. The van der Waals surface area contributed by atoms with Crippen molar-refractivity contribution in [2.75, 3.05) is 13.1 Å². The molecule has 142 valence electrons. The zero-order valence-corrected chi connectivity index (χ0v) is 19.6. The van der Waals surface area contributed by atoms with Crippen molar-refractivity contribution in [3.05, 3.63) is 28.7 Å². The summed E-state index contributed by atoms with van der Waals surface area (Å²) in [6.45, 7) is 5.92. The van der Waals surface area contributed by atoms with Gasteiger partial charge in [0.1, 0.15) is 0 Å². The van der Waals surface area contributed by atoms with E-state index in [4.69, 9.17) is 4.99 Å². The second-order valence-corrected chi connectivity index (χ2v) is 8.68. The van der Waals surface area contributed by atoms with Crippen LogP contribution in [0, 0.1) is 0 Å². The lowest BCUT2D eigenvalue weighted by Gasteiger charge is -2.27. The van der Waals surface area contributed by atoms with E-state index in [2.05, 4.69) is 64.7 Å². The quantitative estimate of drug-likeness (QED) is 0.216. The molecule has 0 radical (unpaired) electrons. The van der Waals surface area contributed by atoms with E-state index in [0.717, 1.165) is 49.2 Å². The van der Waals surface area contributed by atoms with Gasteiger partial charge in [-0.05, 0) is 56.9 Å². The molecule has 25 heavy (non-hydrogen) atoms. The molecule has 1 aliphatic rings. The van der Waals surface area contributed by atoms with E-state index < -0.39 is 0 Å². The summed E-state index contributed by atoms with van der Waals surface area (Å²) in [5.74, 6) is 0.891. The minimum absolute atomic E-state index is 0. The highest BCUT2D eigenvalue weighted by Gasteiger charge is 2.20. The molecular formula is C18H29BrIN3OS. The summed E-state index contributed by atoms with van der Waals surface area (Å²) < 4.78 is 1.11. The molecule has 0 amide bonds. The van der Waals surface area contributed by atoms with Crippen molar-refractivity contribution in [1.82, 2.24) is 10.6 Å². The molecule has 1 saturated carbocycles. The van der Waals surface area contributed by atoms with Gasteiger partial charge in [0.25, 0.3) is 0 Å². The van der Waals surface area contributed by atoms with E-state index in [-0.39, 0.29) is 30.1 Å². The molecule has 1 aromatic carbocycles. The van der Waals surface area contributed by atoms with Crippen molar-refractivity contribution in [3.8, 4) is 0 Å². The number of aliphatic hydroxyl groups excluding tert-OH is 1. The van der Waals surface area contributed by atoms with Crippen LogP contribution in [0.15, 0.2) is 38.6 Å². The van der Waals surface area contributed by atoms with Crippen LogP contribution in [-0.2, 0) is 0 Å². The molecule has 1 aliphatic carbocycles. The largest absolute Gasteiger partial charge is 0.393 e. The monoisotopic (exact) mass is 541 g/mol. The molecule has 7 heteroatoms. The van der Waals surface area contributed by atoms with Crippen LogP contribution in [0.3, 0.4) is 0 Å². The summed E-state index contributed by atoms with van der Waals surface area (Å²) in [6, 6.07) is 8.82. The van der Waals surface area contributed by atoms with Crippen molar-refractivity contribution >= 4 is 57.6 Å².